The van der Waals surface area contributed by atoms with Crippen molar-refractivity contribution in [2.45, 2.75) is 10.6 Å². The minimum Gasteiger partial charge on any atom is -0.356 e. The zero-order valence-corrected chi connectivity index (χ0v) is 9.63. The maximum atomic E-state index is 11.7. The number of alkyl halides is 2. The average molecular weight is 280 g/mol. The zero-order chi connectivity index (χ0) is 10.8. The normalized spacial score (nSPS) is 11.2. The molecule has 0 aliphatic carbocycles. The summed E-state index contributed by atoms with van der Waals surface area (Å²) in [6, 6.07) is 0. The molecule has 3 N–H and O–H groups in total. The first-order valence-corrected chi connectivity index (χ1v) is 5.76. The van der Waals surface area contributed by atoms with E-state index in [1.165, 1.54) is 0 Å². The van der Waals surface area contributed by atoms with E-state index in [4.69, 9.17) is 5.14 Å². The van der Waals surface area contributed by atoms with Crippen molar-refractivity contribution < 1.29 is 17.2 Å². The first kappa shape index (κ1) is 14.5. The Kier molecular flexibility index (Phi) is 5.35. The van der Waals surface area contributed by atoms with Crippen molar-refractivity contribution in [1.82, 2.24) is 4.98 Å². The third-order valence-corrected chi connectivity index (χ3v) is 3.54. The highest BCUT2D eigenvalue weighted by Crippen LogP contribution is 2.21. The van der Waals surface area contributed by atoms with Crippen LogP contribution in [0.4, 0.5) is 13.9 Å². The monoisotopic (exact) mass is 279 g/mol. The lowest BCUT2D eigenvalue weighted by Crippen LogP contribution is -2.10. The molecule has 1 aromatic rings. The van der Waals surface area contributed by atoms with Gasteiger partial charge < -0.3 is 5.32 Å². The predicted octanol–water partition coefficient (Wildman–Crippen LogP) is 0.889. The molecule has 0 aliphatic rings. The van der Waals surface area contributed by atoms with Gasteiger partial charge in [0.15, 0.2) is 9.34 Å². The van der Waals surface area contributed by atoms with Crippen molar-refractivity contribution in [2.75, 3.05) is 11.9 Å². The predicted molar refractivity (Wildman–Crippen MR) is 55.2 cm³/mol. The Morgan fingerprint density at radius 3 is 2.60 bits per heavy atom. The molecule has 88 valence electrons. The van der Waals surface area contributed by atoms with Crippen LogP contribution in [0.25, 0.3) is 0 Å². The van der Waals surface area contributed by atoms with E-state index in [0.717, 1.165) is 6.20 Å². The molecule has 0 amide bonds. The molecule has 0 aromatic carbocycles. The number of hydrogen-bond acceptors (Lipinski definition) is 5. The third kappa shape index (κ3) is 4.69. The van der Waals surface area contributed by atoms with Crippen LogP contribution in [-0.4, -0.2) is 26.4 Å². The van der Waals surface area contributed by atoms with E-state index in [2.05, 4.69) is 10.3 Å². The zero-order valence-electron chi connectivity index (χ0n) is 7.18. The molecule has 15 heavy (non-hydrogen) atoms. The summed E-state index contributed by atoms with van der Waals surface area (Å²) < 4.78 is 44.8. The van der Waals surface area contributed by atoms with Gasteiger partial charge in [0, 0.05) is 0 Å². The van der Waals surface area contributed by atoms with Gasteiger partial charge in [0.1, 0.15) is 0 Å². The van der Waals surface area contributed by atoms with Gasteiger partial charge in [-0.2, -0.15) is 0 Å². The first-order chi connectivity index (χ1) is 6.39. The number of aromatic nitrogens is 1. The number of nitrogens with two attached hydrogens (primary N) is 1. The van der Waals surface area contributed by atoms with Crippen molar-refractivity contribution in [3.05, 3.63) is 6.20 Å². The lowest BCUT2D eigenvalue weighted by atomic mass is 10.7. The SMILES string of the molecule is Cl.NS(=O)(=O)c1cnc(NCC(F)F)s1. The van der Waals surface area contributed by atoms with E-state index in [0.29, 0.717) is 11.3 Å². The van der Waals surface area contributed by atoms with E-state index in [1.807, 2.05) is 0 Å². The molecule has 0 fully saturated rings. The number of thiazole rings is 1. The average Bonchev–Trinajstić information content (AvgIpc) is 2.47. The van der Waals surface area contributed by atoms with E-state index in [1.54, 1.807) is 0 Å². The second-order valence-electron chi connectivity index (χ2n) is 2.30. The largest absolute Gasteiger partial charge is 0.356 e. The Labute approximate surface area is 95.2 Å². The molecular formula is C5H8ClF2N3O2S2. The quantitative estimate of drug-likeness (QED) is 0.857. The summed E-state index contributed by atoms with van der Waals surface area (Å²) >= 11 is 0.713. The Hall–Kier alpha value is -0.510. The lowest BCUT2D eigenvalue weighted by Gasteiger charge is -1.98. The summed E-state index contributed by atoms with van der Waals surface area (Å²) in [5, 5.41) is 7.17. The van der Waals surface area contributed by atoms with Crippen molar-refractivity contribution >= 4 is 38.9 Å². The maximum Gasteiger partial charge on any atom is 0.255 e. The minimum absolute atomic E-state index is 0. The second kappa shape index (κ2) is 5.54. The smallest absolute Gasteiger partial charge is 0.255 e. The summed E-state index contributed by atoms with van der Waals surface area (Å²) in [6.07, 6.45) is -1.50. The van der Waals surface area contributed by atoms with Gasteiger partial charge in [0.05, 0.1) is 12.7 Å². The van der Waals surface area contributed by atoms with E-state index in [9.17, 15) is 17.2 Å². The number of rotatable bonds is 4. The second-order valence-corrected chi connectivity index (χ2v) is 5.12. The highest BCUT2D eigenvalue weighted by molar-refractivity contribution is 7.91. The van der Waals surface area contributed by atoms with Crippen LogP contribution in [0.1, 0.15) is 0 Å². The van der Waals surface area contributed by atoms with Gasteiger partial charge in [0.25, 0.3) is 6.43 Å². The van der Waals surface area contributed by atoms with Crippen LogP contribution in [0.2, 0.25) is 0 Å². The molecule has 1 rings (SSSR count). The van der Waals surface area contributed by atoms with Crippen molar-refractivity contribution in [2.24, 2.45) is 5.14 Å². The number of anilines is 1. The molecule has 0 saturated carbocycles. The molecule has 0 unspecified atom stereocenters. The Morgan fingerprint density at radius 2 is 2.20 bits per heavy atom. The van der Waals surface area contributed by atoms with E-state index < -0.39 is 23.0 Å². The molecule has 1 heterocycles. The summed E-state index contributed by atoms with van der Waals surface area (Å²) in [5.41, 5.74) is 0. The van der Waals surface area contributed by atoms with Crippen LogP contribution in [-0.2, 0) is 10.0 Å². The van der Waals surface area contributed by atoms with Gasteiger partial charge in [-0.15, -0.1) is 12.4 Å². The molecule has 5 nitrogen and oxygen atoms in total. The molecule has 0 aliphatic heterocycles. The number of nitrogens with zero attached hydrogens (tertiary/aromatic N) is 1. The van der Waals surface area contributed by atoms with Crippen LogP contribution >= 0.6 is 23.7 Å². The highest BCUT2D eigenvalue weighted by Gasteiger charge is 2.13. The molecule has 0 radical (unpaired) electrons. The van der Waals surface area contributed by atoms with Gasteiger partial charge >= 0.3 is 0 Å². The van der Waals surface area contributed by atoms with Crippen LogP contribution < -0.4 is 10.5 Å². The molecular weight excluding hydrogens is 272 g/mol. The van der Waals surface area contributed by atoms with Crippen LogP contribution in [0.5, 0.6) is 0 Å². The number of hydrogen-bond donors (Lipinski definition) is 2. The molecule has 0 atom stereocenters. The fourth-order valence-corrected chi connectivity index (χ4v) is 2.09. The van der Waals surface area contributed by atoms with Gasteiger partial charge in [-0.3, -0.25) is 0 Å². The van der Waals surface area contributed by atoms with Crippen LogP contribution in [0.3, 0.4) is 0 Å². The third-order valence-electron chi connectivity index (χ3n) is 1.17. The Morgan fingerprint density at radius 1 is 1.60 bits per heavy atom. The number of nitrogens with one attached hydrogen (secondary N) is 1. The van der Waals surface area contributed by atoms with Crippen LogP contribution in [0, 0.1) is 0 Å². The van der Waals surface area contributed by atoms with Gasteiger partial charge in [0.2, 0.25) is 10.0 Å². The fourth-order valence-electron chi connectivity index (χ4n) is 0.637. The molecule has 1 aromatic heterocycles. The summed E-state index contributed by atoms with van der Waals surface area (Å²) in [6.45, 7) is -0.572. The molecule has 10 heteroatoms. The van der Waals surface area contributed by atoms with Gasteiger partial charge in [-0.25, -0.2) is 27.3 Å². The van der Waals surface area contributed by atoms with Gasteiger partial charge in [-0.1, -0.05) is 11.3 Å². The first-order valence-electron chi connectivity index (χ1n) is 3.40. The summed E-state index contributed by atoms with van der Waals surface area (Å²) in [7, 11) is -3.79. The van der Waals surface area contributed by atoms with E-state index >= 15 is 0 Å². The van der Waals surface area contributed by atoms with Crippen LogP contribution in [0.15, 0.2) is 10.4 Å². The molecule has 0 bridgehead atoms. The fraction of sp³-hybridized carbons (Fsp3) is 0.400. The van der Waals surface area contributed by atoms with Crippen molar-refractivity contribution in [1.29, 1.82) is 0 Å². The highest BCUT2D eigenvalue weighted by atomic mass is 35.5. The molecule has 0 spiro atoms. The Balaban J connectivity index is 0.00000196. The van der Waals surface area contributed by atoms with Crippen molar-refractivity contribution in [3.8, 4) is 0 Å². The number of halogens is 3. The number of primary sulfonamides is 1. The van der Waals surface area contributed by atoms with E-state index in [-0.39, 0.29) is 21.7 Å². The molecule has 0 saturated heterocycles. The topological polar surface area (TPSA) is 85.1 Å². The van der Waals surface area contributed by atoms with Gasteiger partial charge in [-0.05, 0) is 0 Å². The minimum atomic E-state index is -3.79. The number of sulfonamides is 1. The lowest BCUT2D eigenvalue weighted by molar-refractivity contribution is 0.163. The maximum absolute atomic E-state index is 11.7. The summed E-state index contributed by atoms with van der Waals surface area (Å²) in [4.78, 5) is 3.57. The standard InChI is InChI=1S/C5H7F2N3O2S2.ClH/c6-3(7)1-9-5-10-2-4(13-5)14(8,11)12;/h2-3H,1H2,(H,9,10)(H2,8,11,12);1H. The Bertz CT molecular complexity index is 408. The van der Waals surface area contributed by atoms with Crippen molar-refractivity contribution in [3.63, 3.8) is 0 Å². The summed E-state index contributed by atoms with van der Waals surface area (Å²) in [5.74, 6) is 0.